The minimum atomic E-state index is -3.87. The van der Waals surface area contributed by atoms with Crippen molar-refractivity contribution in [1.29, 1.82) is 0 Å². The Morgan fingerprint density at radius 2 is 2.00 bits per heavy atom. The molecule has 3 rings (SSSR count). The largest absolute Gasteiger partial charge is 0.497 e. The van der Waals surface area contributed by atoms with Crippen molar-refractivity contribution in [3.8, 4) is 5.75 Å². The molecule has 1 saturated heterocycles. The van der Waals surface area contributed by atoms with Crippen LogP contribution in [0.4, 0.5) is 5.69 Å². The van der Waals surface area contributed by atoms with Crippen LogP contribution in [0.15, 0.2) is 41.3 Å². The summed E-state index contributed by atoms with van der Waals surface area (Å²) in [5.74, 6) is 0.000809. The third-order valence-electron chi connectivity index (χ3n) is 4.70. The van der Waals surface area contributed by atoms with Crippen LogP contribution in [0.25, 0.3) is 0 Å². The van der Waals surface area contributed by atoms with E-state index in [-0.39, 0.29) is 16.5 Å². The number of amides is 1. The second kappa shape index (κ2) is 8.29. The third kappa shape index (κ3) is 3.98. The maximum atomic E-state index is 13.3. The molecule has 0 aliphatic carbocycles. The number of halogens is 2. The van der Waals surface area contributed by atoms with Gasteiger partial charge in [-0.15, -0.1) is 0 Å². The Hall–Kier alpha value is -1.80. The molecule has 1 fully saturated rings. The minimum absolute atomic E-state index is 0.132. The fraction of sp³-hybridized carbons (Fsp3) is 0.316. The van der Waals surface area contributed by atoms with E-state index in [9.17, 15) is 13.2 Å². The zero-order valence-electron chi connectivity index (χ0n) is 15.4. The molecule has 1 aliphatic heterocycles. The Kier molecular flexibility index (Phi) is 6.19. The average Bonchev–Trinajstić information content (AvgIpc) is 3.16. The summed E-state index contributed by atoms with van der Waals surface area (Å²) in [4.78, 5) is 13.0. The molecule has 1 N–H and O–H groups in total. The predicted molar refractivity (Wildman–Crippen MR) is 110 cm³/mol. The molecule has 0 bridgehead atoms. The first-order chi connectivity index (χ1) is 13.3. The molecule has 0 aromatic heterocycles. The Balaban J connectivity index is 1.90. The summed E-state index contributed by atoms with van der Waals surface area (Å²) in [6.07, 6.45) is 1.01. The van der Waals surface area contributed by atoms with E-state index in [1.54, 1.807) is 37.3 Å². The summed E-state index contributed by atoms with van der Waals surface area (Å²) in [6.45, 7) is 1.98. The van der Waals surface area contributed by atoms with E-state index < -0.39 is 22.0 Å². The second-order valence-corrected chi connectivity index (χ2v) is 9.14. The van der Waals surface area contributed by atoms with Crippen molar-refractivity contribution in [1.82, 2.24) is 4.31 Å². The lowest BCUT2D eigenvalue weighted by molar-refractivity contribution is -0.119. The highest BCUT2D eigenvalue weighted by Crippen LogP contribution is 2.33. The van der Waals surface area contributed by atoms with Crippen molar-refractivity contribution in [2.45, 2.75) is 30.7 Å². The van der Waals surface area contributed by atoms with Crippen molar-refractivity contribution in [2.75, 3.05) is 19.0 Å². The van der Waals surface area contributed by atoms with E-state index in [4.69, 9.17) is 27.9 Å². The molecule has 1 unspecified atom stereocenters. The number of ether oxygens (including phenoxy) is 1. The van der Waals surface area contributed by atoms with Crippen molar-refractivity contribution in [3.05, 3.63) is 52.0 Å². The van der Waals surface area contributed by atoms with E-state index in [1.807, 2.05) is 0 Å². The number of nitrogens with zero attached hydrogens (tertiary/aromatic N) is 1. The van der Waals surface area contributed by atoms with Gasteiger partial charge in [-0.25, -0.2) is 8.42 Å². The second-order valence-electron chi connectivity index (χ2n) is 6.50. The molecular formula is C19H20Cl2N2O4S. The van der Waals surface area contributed by atoms with Crippen LogP contribution >= 0.6 is 23.2 Å². The van der Waals surface area contributed by atoms with Crippen LogP contribution in [0.3, 0.4) is 0 Å². The van der Waals surface area contributed by atoms with Crippen molar-refractivity contribution >= 4 is 44.8 Å². The topological polar surface area (TPSA) is 75.7 Å². The molecule has 2 aromatic carbocycles. The van der Waals surface area contributed by atoms with Crippen LogP contribution in [-0.4, -0.2) is 38.3 Å². The van der Waals surface area contributed by atoms with Crippen LogP contribution in [0, 0.1) is 6.92 Å². The lowest BCUT2D eigenvalue weighted by Crippen LogP contribution is -2.43. The van der Waals surface area contributed by atoms with E-state index in [0.29, 0.717) is 34.9 Å². The van der Waals surface area contributed by atoms with Gasteiger partial charge >= 0.3 is 0 Å². The monoisotopic (exact) mass is 442 g/mol. The molecule has 28 heavy (non-hydrogen) atoms. The number of carbonyl (C=O) groups excluding carboxylic acids is 1. The maximum absolute atomic E-state index is 13.3. The van der Waals surface area contributed by atoms with Gasteiger partial charge in [0.15, 0.2) is 0 Å². The van der Waals surface area contributed by atoms with Crippen LogP contribution in [0.1, 0.15) is 18.4 Å². The van der Waals surface area contributed by atoms with Crippen LogP contribution in [0.5, 0.6) is 5.75 Å². The molecule has 0 radical (unpaired) electrons. The maximum Gasteiger partial charge on any atom is 0.244 e. The Morgan fingerprint density at radius 3 is 2.71 bits per heavy atom. The van der Waals surface area contributed by atoms with Crippen molar-refractivity contribution < 1.29 is 17.9 Å². The first-order valence-corrected chi connectivity index (χ1v) is 10.9. The SMILES string of the molecule is COc1ccc(C)c(S(=O)(=O)N2CCCC2C(=O)Nc2cccc(Cl)c2Cl)c1. The fourth-order valence-corrected chi connectivity index (χ4v) is 5.46. The van der Waals surface area contributed by atoms with E-state index >= 15 is 0 Å². The quantitative estimate of drug-likeness (QED) is 0.755. The summed E-state index contributed by atoms with van der Waals surface area (Å²) in [5.41, 5.74) is 0.936. The molecular weight excluding hydrogens is 423 g/mol. The molecule has 1 atom stereocenters. The van der Waals surface area contributed by atoms with Crippen molar-refractivity contribution in [2.24, 2.45) is 0 Å². The Labute approximate surface area is 174 Å². The lowest BCUT2D eigenvalue weighted by Gasteiger charge is -2.24. The molecule has 0 saturated carbocycles. The molecule has 9 heteroatoms. The van der Waals surface area contributed by atoms with Crippen LogP contribution in [0.2, 0.25) is 10.0 Å². The third-order valence-corrected chi connectivity index (χ3v) is 7.57. The molecule has 2 aromatic rings. The molecule has 1 amide bonds. The van der Waals surface area contributed by atoms with Gasteiger partial charge in [0, 0.05) is 12.6 Å². The number of sulfonamides is 1. The van der Waals surface area contributed by atoms with Gasteiger partial charge in [0.2, 0.25) is 15.9 Å². The highest BCUT2D eigenvalue weighted by Gasteiger charge is 2.40. The summed E-state index contributed by atoms with van der Waals surface area (Å²) in [6, 6.07) is 8.92. The number of nitrogens with one attached hydrogen (secondary N) is 1. The molecule has 150 valence electrons. The van der Waals surface area contributed by atoms with Crippen molar-refractivity contribution in [3.63, 3.8) is 0 Å². The summed E-state index contributed by atoms with van der Waals surface area (Å²) < 4.78 is 32.9. The summed E-state index contributed by atoms with van der Waals surface area (Å²) in [7, 11) is -2.40. The van der Waals surface area contributed by atoms with Gasteiger partial charge in [-0.3, -0.25) is 4.79 Å². The predicted octanol–water partition coefficient (Wildman–Crippen LogP) is 4.10. The van der Waals surface area contributed by atoms with Gasteiger partial charge < -0.3 is 10.1 Å². The van der Waals surface area contributed by atoms with E-state index in [0.717, 1.165) is 0 Å². The molecule has 1 aliphatic rings. The minimum Gasteiger partial charge on any atom is -0.497 e. The van der Waals surface area contributed by atoms with E-state index in [2.05, 4.69) is 5.32 Å². The first kappa shape index (κ1) is 20.9. The van der Waals surface area contributed by atoms with Gasteiger partial charge in [0.05, 0.1) is 27.7 Å². The Morgan fingerprint density at radius 1 is 1.25 bits per heavy atom. The molecule has 6 nitrogen and oxygen atoms in total. The fourth-order valence-electron chi connectivity index (χ4n) is 3.22. The normalized spacial score (nSPS) is 17.5. The lowest BCUT2D eigenvalue weighted by atomic mass is 10.2. The van der Waals surface area contributed by atoms with Gasteiger partial charge in [0.1, 0.15) is 11.8 Å². The number of hydrogen-bond donors (Lipinski definition) is 1. The molecule has 1 heterocycles. The van der Waals surface area contributed by atoms with Crippen LogP contribution < -0.4 is 10.1 Å². The number of rotatable bonds is 5. The number of anilines is 1. The smallest absolute Gasteiger partial charge is 0.244 e. The molecule has 0 spiro atoms. The van der Waals surface area contributed by atoms with Gasteiger partial charge in [-0.2, -0.15) is 4.31 Å². The van der Waals surface area contributed by atoms with E-state index in [1.165, 1.54) is 17.5 Å². The van der Waals surface area contributed by atoms with Gasteiger partial charge in [-0.1, -0.05) is 35.3 Å². The summed E-state index contributed by atoms with van der Waals surface area (Å²) >= 11 is 12.1. The number of aryl methyl sites for hydroxylation is 1. The van der Waals surface area contributed by atoms with Crippen LogP contribution in [-0.2, 0) is 14.8 Å². The zero-order chi connectivity index (χ0) is 20.5. The van der Waals surface area contributed by atoms with Gasteiger partial charge in [-0.05, 0) is 43.5 Å². The highest BCUT2D eigenvalue weighted by molar-refractivity contribution is 7.89. The standard InChI is InChI=1S/C19H20Cl2N2O4S/c1-12-8-9-13(27-2)11-17(12)28(25,26)23-10-4-7-16(23)19(24)22-15-6-3-5-14(20)18(15)21/h3,5-6,8-9,11,16H,4,7,10H2,1-2H3,(H,22,24). The number of methoxy groups -OCH3 is 1. The number of carbonyl (C=O) groups is 1. The first-order valence-electron chi connectivity index (χ1n) is 8.67. The zero-order valence-corrected chi connectivity index (χ0v) is 17.7. The Bertz CT molecular complexity index is 1010. The number of benzene rings is 2. The van der Waals surface area contributed by atoms with Gasteiger partial charge in [0.25, 0.3) is 0 Å². The average molecular weight is 443 g/mol. The number of hydrogen-bond acceptors (Lipinski definition) is 4. The highest BCUT2D eigenvalue weighted by atomic mass is 35.5. The summed E-state index contributed by atoms with van der Waals surface area (Å²) in [5, 5.41) is 3.22.